The molecule has 0 aliphatic heterocycles. The summed E-state index contributed by atoms with van der Waals surface area (Å²) in [6.07, 6.45) is 0.801. The Hall–Kier alpha value is -1.88. The number of amides is 1. The van der Waals surface area contributed by atoms with Gasteiger partial charge in [0, 0.05) is 31.5 Å². The second-order valence-electron chi connectivity index (χ2n) is 4.18. The Balaban J connectivity index is 2.28. The maximum absolute atomic E-state index is 11.5. The number of carbonyl (C=O) groups is 2. The van der Waals surface area contributed by atoms with E-state index < -0.39 is 0 Å². The molecule has 1 aromatic rings. The molecule has 1 aromatic carbocycles. The second-order valence-corrected chi connectivity index (χ2v) is 4.18. The maximum Gasteiger partial charge on any atom is 0.239 e. The molecule has 0 spiro atoms. The summed E-state index contributed by atoms with van der Waals surface area (Å²) in [5.74, 6) is -0.0332. The lowest BCUT2D eigenvalue weighted by Crippen LogP contribution is -2.31. The molecular formula is C14H20N2O3. The number of ketones is 1. The molecule has 5 heteroatoms. The van der Waals surface area contributed by atoms with Crippen molar-refractivity contribution in [3.8, 4) is 0 Å². The summed E-state index contributed by atoms with van der Waals surface area (Å²) in [4.78, 5) is 22.6. The van der Waals surface area contributed by atoms with E-state index in [9.17, 15) is 9.59 Å². The predicted molar refractivity (Wildman–Crippen MR) is 74.4 cm³/mol. The molecular weight excluding hydrogens is 244 g/mol. The summed E-state index contributed by atoms with van der Waals surface area (Å²) in [5, 5.41) is 5.78. The molecule has 5 nitrogen and oxygen atoms in total. The minimum absolute atomic E-state index is 0.0300. The lowest BCUT2D eigenvalue weighted by molar-refractivity contribution is -0.119. The number of ether oxygens (including phenoxy) is 1. The van der Waals surface area contributed by atoms with Crippen molar-refractivity contribution in [1.29, 1.82) is 0 Å². The fourth-order valence-electron chi connectivity index (χ4n) is 1.51. The molecule has 0 atom stereocenters. The number of rotatable bonds is 8. The first-order valence-electron chi connectivity index (χ1n) is 6.24. The standard InChI is InChI=1S/C14H20N2O3/c1-11(17)12-4-6-13(7-5-12)16-10-14(18)15-8-3-9-19-2/h4-7,16H,3,8-10H2,1-2H3,(H,15,18). The van der Waals surface area contributed by atoms with Crippen LogP contribution in [0.2, 0.25) is 0 Å². The van der Waals surface area contributed by atoms with Gasteiger partial charge in [0.15, 0.2) is 5.78 Å². The molecule has 0 saturated carbocycles. The molecule has 0 fully saturated rings. The van der Waals surface area contributed by atoms with Crippen molar-refractivity contribution in [2.45, 2.75) is 13.3 Å². The SMILES string of the molecule is COCCCNC(=O)CNc1ccc(C(C)=O)cc1. The first-order chi connectivity index (χ1) is 9.13. The lowest BCUT2D eigenvalue weighted by Gasteiger charge is -2.08. The molecule has 1 amide bonds. The monoisotopic (exact) mass is 264 g/mol. The highest BCUT2D eigenvalue weighted by molar-refractivity contribution is 5.94. The van der Waals surface area contributed by atoms with Crippen LogP contribution >= 0.6 is 0 Å². The smallest absolute Gasteiger partial charge is 0.239 e. The van der Waals surface area contributed by atoms with E-state index in [-0.39, 0.29) is 18.2 Å². The van der Waals surface area contributed by atoms with E-state index in [2.05, 4.69) is 10.6 Å². The lowest BCUT2D eigenvalue weighted by atomic mass is 10.1. The molecule has 0 saturated heterocycles. The normalized spacial score (nSPS) is 10.0. The van der Waals surface area contributed by atoms with Gasteiger partial charge in [-0.05, 0) is 37.6 Å². The molecule has 2 N–H and O–H groups in total. The van der Waals surface area contributed by atoms with Crippen molar-refractivity contribution >= 4 is 17.4 Å². The number of Topliss-reactive ketones (excluding diaryl/α,β-unsaturated/α-hetero) is 1. The van der Waals surface area contributed by atoms with Gasteiger partial charge in [0.25, 0.3) is 0 Å². The molecule has 0 bridgehead atoms. The van der Waals surface area contributed by atoms with Crippen LogP contribution in [0, 0.1) is 0 Å². The third kappa shape index (κ3) is 6.01. The second kappa shape index (κ2) is 8.26. The van der Waals surface area contributed by atoms with Crippen LogP contribution in [0.5, 0.6) is 0 Å². The van der Waals surface area contributed by atoms with Crippen LogP contribution in [0.1, 0.15) is 23.7 Å². The van der Waals surface area contributed by atoms with Crippen molar-refractivity contribution in [1.82, 2.24) is 5.32 Å². The van der Waals surface area contributed by atoms with Crippen LogP contribution in [0.25, 0.3) is 0 Å². The largest absolute Gasteiger partial charge is 0.385 e. The summed E-state index contributed by atoms with van der Waals surface area (Å²) in [5.41, 5.74) is 1.48. The number of hydrogen-bond donors (Lipinski definition) is 2. The van der Waals surface area contributed by atoms with Crippen molar-refractivity contribution in [3.63, 3.8) is 0 Å². The van der Waals surface area contributed by atoms with Crippen molar-refractivity contribution in [2.24, 2.45) is 0 Å². The molecule has 0 aliphatic carbocycles. The molecule has 1 rings (SSSR count). The first kappa shape index (κ1) is 15.2. The zero-order valence-corrected chi connectivity index (χ0v) is 11.4. The third-order valence-corrected chi connectivity index (χ3v) is 2.59. The minimum Gasteiger partial charge on any atom is -0.385 e. The zero-order chi connectivity index (χ0) is 14.1. The molecule has 0 aromatic heterocycles. The first-order valence-corrected chi connectivity index (χ1v) is 6.24. The topological polar surface area (TPSA) is 67.4 Å². The van der Waals surface area contributed by atoms with Gasteiger partial charge in [-0.15, -0.1) is 0 Å². The van der Waals surface area contributed by atoms with Crippen LogP contribution in [0.3, 0.4) is 0 Å². The minimum atomic E-state index is -0.0632. The van der Waals surface area contributed by atoms with Crippen molar-refractivity contribution in [3.05, 3.63) is 29.8 Å². The fraction of sp³-hybridized carbons (Fsp3) is 0.429. The van der Waals surface area contributed by atoms with Gasteiger partial charge in [-0.2, -0.15) is 0 Å². The third-order valence-electron chi connectivity index (χ3n) is 2.59. The van der Waals surface area contributed by atoms with E-state index >= 15 is 0 Å². The van der Waals surface area contributed by atoms with E-state index in [1.807, 2.05) is 0 Å². The molecule has 0 unspecified atom stereocenters. The Kier molecular flexibility index (Phi) is 6.60. The summed E-state index contributed by atoms with van der Waals surface area (Å²) < 4.78 is 4.89. The molecule has 19 heavy (non-hydrogen) atoms. The predicted octanol–water partition coefficient (Wildman–Crippen LogP) is 1.45. The van der Waals surface area contributed by atoms with E-state index in [4.69, 9.17) is 4.74 Å². The number of anilines is 1. The molecule has 0 heterocycles. The average molecular weight is 264 g/mol. The highest BCUT2D eigenvalue weighted by atomic mass is 16.5. The highest BCUT2D eigenvalue weighted by Gasteiger charge is 2.02. The number of carbonyl (C=O) groups excluding carboxylic acids is 2. The number of methoxy groups -OCH3 is 1. The number of benzene rings is 1. The van der Waals surface area contributed by atoms with Crippen LogP contribution in [0.4, 0.5) is 5.69 Å². The van der Waals surface area contributed by atoms with Gasteiger partial charge in [-0.1, -0.05) is 0 Å². The zero-order valence-electron chi connectivity index (χ0n) is 11.4. The van der Waals surface area contributed by atoms with Gasteiger partial charge in [-0.25, -0.2) is 0 Å². The number of nitrogens with one attached hydrogen (secondary N) is 2. The Morgan fingerprint density at radius 3 is 2.47 bits per heavy atom. The van der Waals surface area contributed by atoms with E-state index in [0.717, 1.165) is 12.1 Å². The van der Waals surface area contributed by atoms with Gasteiger partial charge in [-0.3, -0.25) is 9.59 Å². The number of hydrogen-bond acceptors (Lipinski definition) is 4. The Labute approximate surface area is 113 Å². The van der Waals surface area contributed by atoms with E-state index in [0.29, 0.717) is 18.7 Å². The Morgan fingerprint density at radius 2 is 1.89 bits per heavy atom. The summed E-state index contributed by atoms with van der Waals surface area (Å²) in [6.45, 7) is 2.99. The van der Waals surface area contributed by atoms with Gasteiger partial charge >= 0.3 is 0 Å². The Morgan fingerprint density at radius 1 is 1.21 bits per heavy atom. The van der Waals surface area contributed by atoms with Gasteiger partial charge in [0.2, 0.25) is 5.91 Å². The van der Waals surface area contributed by atoms with Crippen LogP contribution in [-0.4, -0.2) is 38.5 Å². The molecule has 104 valence electrons. The van der Waals surface area contributed by atoms with Crippen LogP contribution in [0.15, 0.2) is 24.3 Å². The molecule has 0 aliphatic rings. The van der Waals surface area contributed by atoms with Gasteiger partial charge in [0.05, 0.1) is 6.54 Å². The van der Waals surface area contributed by atoms with Crippen LogP contribution < -0.4 is 10.6 Å². The van der Waals surface area contributed by atoms with E-state index in [1.165, 1.54) is 6.92 Å². The highest BCUT2D eigenvalue weighted by Crippen LogP contribution is 2.09. The van der Waals surface area contributed by atoms with Crippen LogP contribution in [-0.2, 0) is 9.53 Å². The van der Waals surface area contributed by atoms with Crippen molar-refractivity contribution in [2.75, 3.05) is 32.1 Å². The maximum atomic E-state index is 11.5. The average Bonchev–Trinajstić information content (AvgIpc) is 2.42. The van der Waals surface area contributed by atoms with Gasteiger partial charge in [0.1, 0.15) is 0 Å². The fourth-order valence-corrected chi connectivity index (χ4v) is 1.51. The molecule has 0 radical (unpaired) electrons. The quantitative estimate of drug-likeness (QED) is 0.551. The Bertz CT molecular complexity index is 415. The summed E-state index contributed by atoms with van der Waals surface area (Å²) in [7, 11) is 1.63. The summed E-state index contributed by atoms with van der Waals surface area (Å²) in [6, 6.07) is 7.05. The van der Waals surface area contributed by atoms with Gasteiger partial charge < -0.3 is 15.4 Å². The van der Waals surface area contributed by atoms with E-state index in [1.54, 1.807) is 31.4 Å². The summed E-state index contributed by atoms with van der Waals surface area (Å²) >= 11 is 0. The van der Waals surface area contributed by atoms with Crippen molar-refractivity contribution < 1.29 is 14.3 Å².